The molecule has 5 rings (SSSR count). The summed E-state index contributed by atoms with van der Waals surface area (Å²) in [5.74, 6) is -6.92. The zero-order chi connectivity index (χ0) is 37.0. The molecule has 0 aliphatic carbocycles. The largest absolute Gasteiger partial charge is 0.490 e. The van der Waals surface area contributed by atoms with E-state index in [4.69, 9.17) is 44.5 Å². The number of fused-ring (bicyclic) bond motifs is 1. The lowest BCUT2D eigenvalue weighted by Crippen LogP contribution is -2.36. The van der Waals surface area contributed by atoms with Crippen molar-refractivity contribution in [3.63, 3.8) is 0 Å². The molecule has 1 unspecified atom stereocenters. The lowest BCUT2D eigenvalue weighted by atomic mass is 9.97. The highest BCUT2D eigenvalue weighted by atomic mass is 19.4. The second-order valence-corrected chi connectivity index (χ2v) is 10.1. The Kier molecular flexibility index (Phi) is 14.5. The van der Waals surface area contributed by atoms with E-state index in [1.54, 1.807) is 0 Å². The smallest absolute Gasteiger partial charge is 0.475 e. The number of likely N-dealkylation sites (tertiary alicyclic amines) is 1. The van der Waals surface area contributed by atoms with Crippen LogP contribution in [-0.2, 0) is 25.7 Å². The summed E-state index contributed by atoms with van der Waals surface area (Å²) in [5, 5.41) is 26.2. The van der Waals surface area contributed by atoms with Gasteiger partial charge in [-0.1, -0.05) is 6.07 Å². The van der Waals surface area contributed by atoms with Crippen molar-refractivity contribution < 1.29 is 74.0 Å². The molecule has 0 saturated carbocycles. The number of aromatic nitrogens is 4. The molecule has 49 heavy (non-hydrogen) atoms. The van der Waals surface area contributed by atoms with Gasteiger partial charge < -0.3 is 25.0 Å². The number of nitrogens with zero attached hydrogens (tertiary/aromatic N) is 6. The van der Waals surface area contributed by atoms with E-state index in [-0.39, 0.29) is 0 Å². The number of carboxylic acid groups (broad SMARTS) is 3. The van der Waals surface area contributed by atoms with Gasteiger partial charge in [-0.25, -0.2) is 23.9 Å². The molecule has 2 saturated heterocycles. The first-order chi connectivity index (χ1) is 22.7. The minimum atomic E-state index is -5.08. The van der Waals surface area contributed by atoms with Gasteiger partial charge >= 0.3 is 36.4 Å². The second-order valence-electron chi connectivity index (χ2n) is 10.1. The standard InChI is InChI=1S/C21H26N6O.3C2HF3O2/c1-3-17(13-22-7-1)14-25-8-2-4-18(15-25)21-23-20-6-5-19(16-27(20)24-21)26-9-11-28-12-10-26;3*3-2(4,5)1(6)7/h1,3,5-7,13,16,18H,2,4,8-12,14-15H2;3*(H,6,7). The van der Waals surface area contributed by atoms with E-state index < -0.39 is 36.4 Å². The summed E-state index contributed by atoms with van der Waals surface area (Å²) < 4.78 is 103. The molecule has 272 valence electrons. The molecule has 22 heteroatoms. The Morgan fingerprint density at radius 3 is 1.88 bits per heavy atom. The van der Waals surface area contributed by atoms with Crippen molar-refractivity contribution in [2.75, 3.05) is 44.3 Å². The molecule has 0 radical (unpaired) electrons. The minimum absolute atomic E-state index is 0.386. The number of anilines is 1. The zero-order valence-corrected chi connectivity index (χ0v) is 25.0. The van der Waals surface area contributed by atoms with Crippen molar-refractivity contribution in [2.45, 2.75) is 43.8 Å². The highest BCUT2D eigenvalue weighted by Crippen LogP contribution is 2.27. The number of rotatable bonds is 4. The van der Waals surface area contributed by atoms with Gasteiger partial charge in [-0.05, 0) is 43.1 Å². The molecule has 0 bridgehead atoms. The average Bonchev–Trinajstić information content (AvgIpc) is 3.45. The Labute approximate surface area is 270 Å². The van der Waals surface area contributed by atoms with Gasteiger partial charge in [-0.15, -0.1) is 0 Å². The number of alkyl halides is 9. The lowest BCUT2D eigenvalue weighted by molar-refractivity contribution is -0.193. The number of hydrogen-bond donors (Lipinski definition) is 3. The first-order valence-electron chi connectivity index (χ1n) is 13.9. The normalized spacial score (nSPS) is 17.0. The van der Waals surface area contributed by atoms with E-state index in [0.717, 1.165) is 63.8 Å². The van der Waals surface area contributed by atoms with Crippen molar-refractivity contribution >= 4 is 29.2 Å². The molecule has 2 aliphatic heterocycles. The third-order valence-electron chi connectivity index (χ3n) is 6.44. The Bertz CT molecular complexity index is 1460. The molecule has 13 nitrogen and oxygen atoms in total. The van der Waals surface area contributed by atoms with Gasteiger partial charge in [0.25, 0.3) is 0 Å². The van der Waals surface area contributed by atoms with Gasteiger partial charge in [-0.3, -0.25) is 9.88 Å². The lowest BCUT2D eigenvalue weighted by Gasteiger charge is -2.31. The van der Waals surface area contributed by atoms with Crippen LogP contribution in [0.2, 0.25) is 0 Å². The van der Waals surface area contributed by atoms with Crippen LogP contribution >= 0.6 is 0 Å². The number of pyridine rings is 2. The summed E-state index contributed by atoms with van der Waals surface area (Å²) in [7, 11) is 0. The van der Waals surface area contributed by atoms with E-state index in [0.29, 0.717) is 5.92 Å². The fourth-order valence-corrected chi connectivity index (χ4v) is 4.23. The number of halogens is 9. The van der Waals surface area contributed by atoms with E-state index in [9.17, 15) is 39.5 Å². The number of aliphatic carboxylic acids is 3. The van der Waals surface area contributed by atoms with E-state index >= 15 is 0 Å². The highest BCUT2D eigenvalue weighted by Gasteiger charge is 2.39. The Morgan fingerprint density at radius 1 is 0.837 bits per heavy atom. The molecule has 0 amide bonds. The van der Waals surface area contributed by atoms with Crippen LogP contribution in [0.4, 0.5) is 45.2 Å². The monoisotopic (exact) mass is 720 g/mol. The summed E-state index contributed by atoms with van der Waals surface area (Å²) in [6.07, 6.45) is -7.03. The number of ether oxygens (including phenoxy) is 1. The third kappa shape index (κ3) is 14.1. The third-order valence-corrected chi connectivity index (χ3v) is 6.44. The van der Waals surface area contributed by atoms with Crippen LogP contribution < -0.4 is 4.90 Å². The molecule has 2 aliphatic rings. The van der Waals surface area contributed by atoms with Crippen molar-refractivity contribution in [1.82, 2.24) is 24.5 Å². The van der Waals surface area contributed by atoms with Gasteiger partial charge in [0.1, 0.15) is 0 Å². The minimum Gasteiger partial charge on any atom is -0.475 e. The topological polar surface area (TPSA) is 171 Å². The summed E-state index contributed by atoms with van der Waals surface area (Å²) >= 11 is 0. The van der Waals surface area contributed by atoms with Crippen molar-refractivity contribution in [3.8, 4) is 0 Å². The zero-order valence-electron chi connectivity index (χ0n) is 25.0. The number of hydrogen-bond acceptors (Lipinski definition) is 9. The van der Waals surface area contributed by atoms with Crippen LogP contribution in [0, 0.1) is 0 Å². The highest BCUT2D eigenvalue weighted by molar-refractivity contribution is 5.73. The van der Waals surface area contributed by atoms with Crippen LogP contribution in [0.1, 0.15) is 30.1 Å². The Hall–Kier alpha value is -4.73. The van der Waals surface area contributed by atoms with Crippen LogP contribution in [-0.4, -0.2) is 116 Å². The number of carboxylic acids is 3. The maximum Gasteiger partial charge on any atom is 0.490 e. The molecule has 0 spiro atoms. The van der Waals surface area contributed by atoms with Gasteiger partial charge in [0, 0.05) is 44.5 Å². The predicted octanol–water partition coefficient (Wildman–Crippen LogP) is 4.24. The number of morpholine rings is 1. The van der Waals surface area contributed by atoms with E-state index in [1.807, 2.05) is 23.0 Å². The molecule has 3 aromatic heterocycles. The summed E-state index contributed by atoms with van der Waals surface area (Å²) in [4.78, 5) is 40.6. The molecule has 3 N–H and O–H groups in total. The van der Waals surface area contributed by atoms with Gasteiger partial charge in [0.05, 0.1) is 25.1 Å². The Balaban J connectivity index is 0.000000325. The van der Waals surface area contributed by atoms with Gasteiger partial charge in [-0.2, -0.15) is 44.6 Å². The Morgan fingerprint density at radius 2 is 1.39 bits per heavy atom. The molecular weight excluding hydrogens is 691 g/mol. The first kappa shape index (κ1) is 40.4. The second kappa shape index (κ2) is 17.6. The van der Waals surface area contributed by atoms with Gasteiger partial charge in [0.15, 0.2) is 11.5 Å². The molecular formula is C27H29F9N6O7. The summed E-state index contributed by atoms with van der Waals surface area (Å²) in [5.41, 5.74) is 3.38. The van der Waals surface area contributed by atoms with Crippen molar-refractivity contribution in [2.24, 2.45) is 0 Å². The van der Waals surface area contributed by atoms with Crippen LogP contribution in [0.25, 0.3) is 5.65 Å². The summed E-state index contributed by atoms with van der Waals surface area (Å²) in [6.45, 7) is 6.50. The predicted molar refractivity (Wildman–Crippen MR) is 149 cm³/mol. The fourth-order valence-electron chi connectivity index (χ4n) is 4.23. The first-order valence-corrected chi connectivity index (χ1v) is 13.9. The van der Waals surface area contributed by atoms with E-state index in [1.165, 1.54) is 17.7 Å². The number of carbonyl (C=O) groups is 3. The maximum atomic E-state index is 10.6. The summed E-state index contributed by atoms with van der Waals surface area (Å²) in [6, 6.07) is 8.38. The van der Waals surface area contributed by atoms with Crippen molar-refractivity contribution in [1.29, 1.82) is 0 Å². The van der Waals surface area contributed by atoms with Gasteiger partial charge in [0.2, 0.25) is 0 Å². The molecule has 0 aromatic carbocycles. The number of piperidine rings is 1. The van der Waals surface area contributed by atoms with Crippen LogP contribution in [0.5, 0.6) is 0 Å². The molecule has 5 heterocycles. The quantitative estimate of drug-likeness (QED) is 0.328. The SMILES string of the molecule is O=C(O)C(F)(F)F.O=C(O)C(F)(F)F.O=C(O)C(F)(F)F.c1cncc(CN2CCCC(c3nc4ccc(N5CCOCC5)cn4n3)C2)c1. The average molecular weight is 721 g/mol. The van der Waals surface area contributed by atoms with Crippen LogP contribution in [0.15, 0.2) is 42.9 Å². The van der Waals surface area contributed by atoms with E-state index in [2.05, 4.69) is 39.2 Å². The molecule has 3 aromatic rings. The molecule has 2 fully saturated rings. The van der Waals surface area contributed by atoms with Crippen molar-refractivity contribution in [3.05, 3.63) is 54.2 Å². The maximum absolute atomic E-state index is 10.6. The van der Waals surface area contributed by atoms with Crippen LogP contribution in [0.3, 0.4) is 0 Å². The fraction of sp³-hybridized carbons (Fsp3) is 0.481. The molecule has 1 atom stereocenters.